The van der Waals surface area contributed by atoms with Crippen LogP contribution in [0.5, 0.6) is 0 Å². The van der Waals surface area contributed by atoms with Crippen LogP contribution in [0.2, 0.25) is 0 Å². The minimum absolute atomic E-state index is 0.0110. The molecule has 12 nitrogen and oxygen atoms in total. The standard InChI is InChI=1S/C28H35FO7.C22H29FO5/c1-16(30)34-15-22(33)28-23(35-26(36-28)9-4-5-10-26)13-20-19-7-6-17-12-18(31)8-11-24(17,2)27(19,29)21(32)14-25(20,28)3;1-12-8-16-15-5-4-13-9-14(25)6-7-19(13,2)21(15,23)17(26)10-20(16,3)22(12,28)18(27)11-24/h8,11-12,19-21,23,32H,4-7,9-10,13-15H2,1-3H3;6-7,9,12,15-17,24,26,28H,4-5,8,10-11H2,1-3H3/t19-,20-,21-,23+,24-,25-,27-,28+;12-,15-,16-,17-,19-,20-,21-,22-/m00/s1. The van der Waals surface area contributed by atoms with Crippen LogP contribution in [0.15, 0.2) is 47.6 Å². The molecule has 350 valence electrons. The second kappa shape index (κ2) is 14.6. The second-order valence-electron chi connectivity index (χ2n) is 22.0. The number of fused-ring (bicyclic) bond motifs is 12. The van der Waals surface area contributed by atoms with E-state index in [2.05, 4.69) is 0 Å². The van der Waals surface area contributed by atoms with Gasteiger partial charge in [-0.25, -0.2) is 8.78 Å². The number of ether oxygens (including phenoxy) is 3. The molecule has 1 saturated heterocycles. The van der Waals surface area contributed by atoms with Gasteiger partial charge in [-0.2, -0.15) is 0 Å². The maximum absolute atomic E-state index is 17.4. The fraction of sp³-hybridized carbons (Fsp3) is 0.740. The zero-order valence-electron chi connectivity index (χ0n) is 37.8. The Kier molecular flexibility index (Phi) is 10.5. The van der Waals surface area contributed by atoms with Crippen LogP contribution in [0, 0.1) is 51.2 Å². The molecule has 0 aromatic carbocycles. The number of aliphatic hydroxyl groups excluding tert-OH is 3. The van der Waals surface area contributed by atoms with Crippen molar-refractivity contribution >= 4 is 29.1 Å². The number of aliphatic hydroxyl groups is 4. The number of hydrogen-bond acceptors (Lipinski definition) is 12. The molecule has 16 atom stereocenters. The maximum Gasteiger partial charge on any atom is 0.303 e. The fourth-order valence-electron chi connectivity index (χ4n) is 16.3. The molecule has 0 aromatic rings. The molecule has 1 heterocycles. The predicted octanol–water partition coefficient (Wildman–Crippen LogP) is 5.42. The van der Waals surface area contributed by atoms with E-state index in [1.807, 2.05) is 6.92 Å². The lowest BCUT2D eigenvalue weighted by Crippen LogP contribution is -2.70. The molecular weight excluding hydrogens is 831 g/mol. The number of esters is 1. The largest absolute Gasteiger partial charge is 0.458 e. The third-order valence-corrected chi connectivity index (χ3v) is 19.5. The minimum atomic E-state index is -2.00. The Balaban J connectivity index is 0.000000167. The molecule has 0 amide bonds. The van der Waals surface area contributed by atoms with Gasteiger partial charge in [0.1, 0.15) is 12.2 Å². The Morgan fingerprint density at radius 2 is 1.28 bits per heavy atom. The van der Waals surface area contributed by atoms with E-state index >= 15 is 8.78 Å². The summed E-state index contributed by atoms with van der Waals surface area (Å²) in [7, 11) is 0. The Bertz CT molecular complexity index is 2190. The molecule has 4 N–H and O–H groups in total. The van der Waals surface area contributed by atoms with E-state index in [1.54, 1.807) is 39.8 Å². The Morgan fingerprint density at radius 1 is 0.781 bits per heavy atom. The summed E-state index contributed by atoms with van der Waals surface area (Å²) in [6.45, 7) is 9.00. The van der Waals surface area contributed by atoms with Crippen LogP contribution >= 0.6 is 0 Å². The topological polar surface area (TPSA) is 194 Å². The summed E-state index contributed by atoms with van der Waals surface area (Å²) in [6.07, 6.45) is 11.7. The quantitative estimate of drug-likeness (QED) is 0.257. The van der Waals surface area contributed by atoms with Gasteiger partial charge in [-0.3, -0.25) is 24.0 Å². The maximum atomic E-state index is 17.4. The number of ketones is 4. The number of rotatable bonds is 5. The van der Waals surface area contributed by atoms with E-state index in [0.29, 0.717) is 62.5 Å². The first-order chi connectivity index (χ1) is 29.9. The van der Waals surface area contributed by atoms with Gasteiger partial charge in [-0.15, -0.1) is 0 Å². The molecule has 1 spiro atoms. The summed E-state index contributed by atoms with van der Waals surface area (Å²) in [6, 6.07) is 0. The predicted molar refractivity (Wildman–Crippen MR) is 225 cm³/mol. The first-order valence-electron chi connectivity index (χ1n) is 23.4. The zero-order valence-corrected chi connectivity index (χ0v) is 37.8. The third kappa shape index (κ3) is 5.55. The van der Waals surface area contributed by atoms with E-state index in [4.69, 9.17) is 14.2 Å². The average molecular weight is 895 g/mol. The third-order valence-electron chi connectivity index (χ3n) is 19.5. The lowest BCUT2D eigenvalue weighted by atomic mass is 9.44. The molecular formula is C50H64F2O12. The number of hydrogen-bond donors (Lipinski definition) is 4. The van der Waals surface area contributed by atoms with Gasteiger partial charge in [0, 0.05) is 53.3 Å². The first-order valence-corrected chi connectivity index (χ1v) is 23.4. The summed E-state index contributed by atoms with van der Waals surface area (Å²) < 4.78 is 52.7. The molecule has 0 unspecified atom stereocenters. The van der Waals surface area contributed by atoms with Gasteiger partial charge in [0.2, 0.25) is 5.78 Å². The van der Waals surface area contributed by atoms with Crippen LogP contribution in [-0.4, -0.2) is 109 Å². The van der Waals surface area contributed by atoms with Gasteiger partial charge >= 0.3 is 5.97 Å². The van der Waals surface area contributed by atoms with Crippen molar-refractivity contribution in [3.05, 3.63) is 47.6 Å². The minimum Gasteiger partial charge on any atom is -0.458 e. The van der Waals surface area contributed by atoms with Crippen molar-refractivity contribution < 1.29 is 67.4 Å². The summed E-state index contributed by atoms with van der Waals surface area (Å²) in [4.78, 5) is 61.9. The number of carbonyl (C=O) groups excluding carboxylic acids is 5. The van der Waals surface area contributed by atoms with Crippen LogP contribution in [0.3, 0.4) is 0 Å². The molecule has 7 saturated carbocycles. The van der Waals surface area contributed by atoms with E-state index in [0.717, 1.165) is 12.8 Å². The molecule has 14 heteroatoms. The van der Waals surface area contributed by atoms with Crippen LogP contribution in [0.25, 0.3) is 0 Å². The van der Waals surface area contributed by atoms with Crippen molar-refractivity contribution in [1.29, 1.82) is 0 Å². The number of alkyl halides is 2. The van der Waals surface area contributed by atoms with Gasteiger partial charge < -0.3 is 34.6 Å². The highest BCUT2D eigenvalue weighted by atomic mass is 19.1. The fourth-order valence-corrected chi connectivity index (χ4v) is 16.3. The Hall–Kier alpha value is -3.27. The number of Topliss-reactive ketones (excluding diaryl/α,β-unsaturated/α-hetero) is 2. The highest BCUT2D eigenvalue weighted by Crippen LogP contribution is 2.74. The van der Waals surface area contributed by atoms with Gasteiger partial charge in [0.05, 0.1) is 18.3 Å². The molecule has 8 fully saturated rings. The highest BCUT2D eigenvalue weighted by molar-refractivity contribution is 6.02. The van der Waals surface area contributed by atoms with Crippen LogP contribution < -0.4 is 0 Å². The van der Waals surface area contributed by atoms with Crippen molar-refractivity contribution in [1.82, 2.24) is 0 Å². The SMILES string of the molecule is CC(=O)OCC(=O)[C@@]12OC3(CCCC3)O[C@@H]1C[C@H]1[C@@H]3CCC4=CC(=O)C=C[C@]4(C)[C@@]3(F)[C@@H](O)C[C@@]12C.C[C@H]1C[C@H]2[C@@H]3CCC4=CC(=O)C=C[C@]4(C)[C@@]3(F)[C@@H](O)C[C@]2(C)[C@@]1(O)C(=O)CO. The lowest BCUT2D eigenvalue weighted by Gasteiger charge is -2.62. The van der Waals surface area contributed by atoms with Gasteiger partial charge in [0.15, 0.2) is 46.7 Å². The lowest BCUT2D eigenvalue weighted by molar-refractivity contribution is -0.253. The summed E-state index contributed by atoms with van der Waals surface area (Å²) in [5.41, 5.74) is -9.89. The van der Waals surface area contributed by atoms with E-state index < -0.39 is 111 Å². The number of halogens is 2. The molecule has 0 radical (unpaired) electrons. The molecule has 10 aliphatic rings. The highest BCUT2D eigenvalue weighted by Gasteiger charge is 2.81. The Labute approximate surface area is 372 Å². The van der Waals surface area contributed by atoms with Gasteiger partial charge in [-0.05, 0) is 120 Å². The van der Waals surface area contributed by atoms with Gasteiger partial charge in [0.25, 0.3) is 0 Å². The van der Waals surface area contributed by atoms with E-state index in [-0.39, 0.29) is 42.0 Å². The molecule has 0 bridgehead atoms. The average Bonchev–Trinajstić information content (AvgIpc) is 3.95. The molecule has 0 aromatic heterocycles. The first kappa shape index (κ1) is 45.9. The van der Waals surface area contributed by atoms with Crippen molar-refractivity contribution in [2.24, 2.45) is 51.2 Å². The summed E-state index contributed by atoms with van der Waals surface area (Å²) >= 11 is 0. The summed E-state index contributed by atoms with van der Waals surface area (Å²) in [5.74, 6) is -4.92. The second-order valence-corrected chi connectivity index (χ2v) is 22.0. The monoisotopic (exact) mass is 894 g/mol. The van der Waals surface area contributed by atoms with Crippen molar-refractivity contribution in [3.8, 4) is 0 Å². The van der Waals surface area contributed by atoms with Crippen molar-refractivity contribution in [2.75, 3.05) is 13.2 Å². The van der Waals surface area contributed by atoms with E-state index in [1.165, 1.54) is 31.2 Å². The summed E-state index contributed by atoms with van der Waals surface area (Å²) in [5, 5.41) is 43.6. The van der Waals surface area contributed by atoms with Crippen molar-refractivity contribution in [2.45, 2.75) is 165 Å². The number of allylic oxidation sites excluding steroid dienone is 8. The molecule has 64 heavy (non-hydrogen) atoms. The van der Waals surface area contributed by atoms with Crippen LogP contribution in [0.1, 0.15) is 119 Å². The Morgan fingerprint density at radius 3 is 1.78 bits per heavy atom. The van der Waals surface area contributed by atoms with Crippen LogP contribution in [-0.2, 0) is 38.2 Å². The molecule has 1 aliphatic heterocycles. The van der Waals surface area contributed by atoms with Gasteiger partial charge in [-0.1, -0.05) is 44.1 Å². The normalized spacial score (nSPS) is 50.1. The zero-order chi connectivity index (χ0) is 46.4. The van der Waals surface area contributed by atoms with Crippen LogP contribution in [0.4, 0.5) is 8.78 Å². The smallest absolute Gasteiger partial charge is 0.303 e. The molecule has 10 rings (SSSR count). The van der Waals surface area contributed by atoms with Crippen molar-refractivity contribution in [3.63, 3.8) is 0 Å². The van der Waals surface area contributed by atoms with E-state index in [9.17, 15) is 44.4 Å². The number of carbonyl (C=O) groups is 5. The molecule has 9 aliphatic carbocycles.